The van der Waals surface area contributed by atoms with Crippen molar-refractivity contribution in [2.45, 2.75) is 0 Å². The summed E-state index contributed by atoms with van der Waals surface area (Å²) in [5, 5.41) is 2.68. The van der Waals surface area contributed by atoms with E-state index in [0.717, 1.165) is 0 Å². The molecule has 3 rings (SSSR count). The second kappa shape index (κ2) is 8.62. The van der Waals surface area contributed by atoms with Crippen molar-refractivity contribution >= 4 is 17.4 Å². The Labute approximate surface area is 156 Å². The SMILES string of the molecule is COc1ccccc1C(=O)c1ccc(OCC(=O)Nc2cccnc2)cc1. The van der Waals surface area contributed by atoms with E-state index in [1.165, 1.54) is 7.11 Å². The molecular formula is C21H18N2O4. The summed E-state index contributed by atoms with van der Waals surface area (Å²) >= 11 is 0. The molecule has 0 radical (unpaired) electrons. The molecular weight excluding hydrogens is 344 g/mol. The van der Waals surface area contributed by atoms with Crippen molar-refractivity contribution in [2.75, 3.05) is 19.0 Å². The van der Waals surface area contributed by atoms with Gasteiger partial charge in [-0.25, -0.2) is 0 Å². The highest BCUT2D eigenvalue weighted by atomic mass is 16.5. The maximum atomic E-state index is 12.6. The van der Waals surface area contributed by atoms with Crippen molar-refractivity contribution in [1.29, 1.82) is 0 Å². The summed E-state index contributed by atoms with van der Waals surface area (Å²) in [4.78, 5) is 28.4. The van der Waals surface area contributed by atoms with Gasteiger partial charge in [0.05, 0.1) is 24.6 Å². The Bertz CT molecular complexity index is 924. The summed E-state index contributed by atoms with van der Waals surface area (Å²) in [6.45, 7) is -0.144. The molecule has 0 unspecified atom stereocenters. The number of carbonyl (C=O) groups is 2. The molecule has 0 aliphatic carbocycles. The fourth-order valence-electron chi connectivity index (χ4n) is 2.47. The van der Waals surface area contributed by atoms with Crippen LogP contribution in [0.25, 0.3) is 0 Å². The third kappa shape index (κ3) is 4.70. The molecule has 0 atom stereocenters. The molecule has 1 amide bonds. The molecule has 2 aromatic carbocycles. The van der Waals surface area contributed by atoms with Gasteiger partial charge in [-0.3, -0.25) is 14.6 Å². The highest BCUT2D eigenvalue weighted by Crippen LogP contribution is 2.22. The molecule has 0 saturated carbocycles. The Balaban J connectivity index is 1.60. The number of hydrogen-bond donors (Lipinski definition) is 1. The second-order valence-electron chi connectivity index (χ2n) is 5.63. The lowest BCUT2D eigenvalue weighted by atomic mass is 10.0. The minimum Gasteiger partial charge on any atom is -0.496 e. The van der Waals surface area contributed by atoms with Crippen LogP contribution in [0.1, 0.15) is 15.9 Å². The van der Waals surface area contributed by atoms with Crippen molar-refractivity contribution in [1.82, 2.24) is 4.98 Å². The molecule has 0 aliphatic heterocycles. The van der Waals surface area contributed by atoms with E-state index in [-0.39, 0.29) is 18.3 Å². The number of rotatable bonds is 7. The van der Waals surface area contributed by atoms with Gasteiger partial charge in [-0.1, -0.05) is 12.1 Å². The molecule has 0 spiro atoms. The molecule has 0 aliphatic rings. The van der Waals surface area contributed by atoms with Crippen LogP contribution in [0.2, 0.25) is 0 Å². The molecule has 6 heteroatoms. The van der Waals surface area contributed by atoms with Crippen molar-refractivity contribution < 1.29 is 19.1 Å². The smallest absolute Gasteiger partial charge is 0.262 e. The summed E-state index contributed by atoms with van der Waals surface area (Å²) in [6, 6.07) is 17.1. The molecule has 1 heterocycles. The van der Waals surface area contributed by atoms with Gasteiger partial charge in [0.15, 0.2) is 12.4 Å². The first-order valence-corrected chi connectivity index (χ1v) is 8.28. The quantitative estimate of drug-likeness (QED) is 0.652. The Kier molecular flexibility index (Phi) is 5.79. The summed E-state index contributed by atoms with van der Waals surface area (Å²) in [5.74, 6) is 0.577. The topological polar surface area (TPSA) is 77.5 Å². The highest BCUT2D eigenvalue weighted by Gasteiger charge is 2.14. The molecule has 136 valence electrons. The van der Waals surface area contributed by atoms with E-state index in [4.69, 9.17) is 9.47 Å². The highest BCUT2D eigenvalue weighted by molar-refractivity contribution is 6.10. The number of carbonyl (C=O) groups excluding carboxylic acids is 2. The van der Waals surface area contributed by atoms with E-state index in [2.05, 4.69) is 10.3 Å². The fraction of sp³-hybridized carbons (Fsp3) is 0.0952. The van der Waals surface area contributed by atoms with Crippen LogP contribution in [-0.2, 0) is 4.79 Å². The van der Waals surface area contributed by atoms with E-state index in [1.807, 2.05) is 6.07 Å². The number of methoxy groups -OCH3 is 1. The molecule has 6 nitrogen and oxygen atoms in total. The molecule has 0 fully saturated rings. The van der Waals surface area contributed by atoms with Crippen molar-refractivity contribution in [3.63, 3.8) is 0 Å². The minimum absolute atomic E-state index is 0.144. The number of ether oxygens (including phenoxy) is 2. The number of ketones is 1. The average molecular weight is 362 g/mol. The number of nitrogens with one attached hydrogen (secondary N) is 1. The number of aromatic nitrogens is 1. The Morgan fingerprint density at radius 2 is 1.78 bits per heavy atom. The minimum atomic E-state index is -0.294. The van der Waals surface area contributed by atoms with Gasteiger partial charge in [0.25, 0.3) is 5.91 Å². The second-order valence-corrected chi connectivity index (χ2v) is 5.63. The lowest BCUT2D eigenvalue weighted by Crippen LogP contribution is -2.20. The molecule has 0 saturated heterocycles. The van der Waals surface area contributed by atoms with Gasteiger partial charge in [-0.05, 0) is 48.5 Å². The van der Waals surface area contributed by atoms with E-state index in [9.17, 15) is 9.59 Å². The number of para-hydroxylation sites is 1. The summed E-state index contributed by atoms with van der Waals surface area (Å²) in [5.41, 5.74) is 1.60. The van der Waals surface area contributed by atoms with Crippen LogP contribution in [0.4, 0.5) is 5.69 Å². The fourth-order valence-corrected chi connectivity index (χ4v) is 2.47. The number of nitrogens with zero attached hydrogens (tertiary/aromatic N) is 1. The zero-order valence-electron chi connectivity index (χ0n) is 14.7. The normalized spacial score (nSPS) is 10.1. The summed E-state index contributed by atoms with van der Waals surface area (Å²) in [6.07, 6.45) is 3.18. The number of benzene rings is 2. The van der Waals surface area contributed by atoms with Gasteiger partial charge < -0.3 is 14.8 Å². The van der Waals surface area contributed by atoms with Crippen molar-refractivity contribution in [2.24, 2.45) is 0 Å². The van der Waals surface area contributed by atoms with E-state index in [1.54, 1.807) is 67.0 Å². The van der Waals surface area contributed by atoms with Crippen LogP contribution >= 0.6 is 0 Å². The van der Waals surface area contributed by atoms with Crippen molar-refractivity contribution in [3.05, 3.63) is 84.2 Å². The third-order valence-corrected chi connectivity index (χ3v) is 3.78. The van der Waals surface area contributed by atoms with Gasteiger partial charge >= 0.3 is 0 Å². The monoisotopic (exact) mass is 362 g/mol. The first kappa shape index (κ1) is 18.1. The lowest BCUT2D eigenvalue weighted by Gasteiger charge is -2.09. The largest absolute Gasteiger partial charge is 0.496 e. The third-order valence-electron chi connectivity index (χ3n) is 3.78. The number of pyridine rings is 1. The average Bonchev–Trinajstić information content (AvgIpc) is 2.73. The number of anilines is 1. The summed E-state index contributed by atoms with van der Waals surface area (Å²) < 4.78 is 10.7. The maximum absolute atomic E-state index is 12.6. The first-order valence-electron chi connectivity index (χ1n) is 8.28. The standard InChI is InChI=1S/C21H18N2O4/c1-26-19-7-3-2-6-18(19)21(25)15-8-10-17(11-9-15)27-14-20(24)23-16-5-4-12-22-13-16/h2-13H,14H2,1H3,(H,23,24). The zero-order valence-corrected chi connectivity index (χ0v) is 14.7. The Morgan fingerprint density at radius 1 is 1.00 bits per heavy atom. The van der Waals surface area contributed by atoms with Crippen molar-refractivity contribution in [3.8, 4) is 11.5 Å². The van der Waals surface area contributed by atoms with Gasteiger partial charge in [0, 0.05) is 11.8 Å². The van der Waals surface area contributed by atoms with Gasteiger partial charge in [0.1, 0.15) is 11.5 Å². The van der Waals surface area contributed by atoms with Crippen LogP contribution in [0.5, 0.6) is 11.5 Å². The van der Waals surface area contributed by atoms with Crippen LogP contribution in [0.15, 0.2) is 73.1 Å². The van der Waals surface area contributed by atoms with Gasteiger partial charge in [-0.2, -0.15) is 0 Å². The number of hydrogen-bond acceptors (Lipinski definition) is 5. The van der Waals surface area contributed by atoms with Crippen LogP contribution in [0.3, 0.4) is 0 Å². The van der Waals surface area contributed by atoms with Gasteiger partial charge in [0.2, 0.25) is 0 Å². The lowest BCUT2D eigenvalue weighted by molar-refractivity contribution is -0.118. The van der Waals surface area contributed by atoms with Gasteiger partial charge in [-0.15, -0.1) is 0 Å². The number of amides is 1. The molecule has 3 aromatic rings. The predicted molar refractivity (Wildman–Crippen MR) is 101 cm³/mol. The molecule has 1 aromatic heterocycles. The maximum Gasteiger partial charge on any atom is 0.262 e. The van der Waals surface area contributed by atoms with E-state index >= 15 is 0 Å². The molecule has 1 N–H and O–H groups in total. The predicted octanol–water partition coefficient (Wildman–Crippen LogP) is 3.34. The van der Waals surface area contributed by atoms with E-state index < -0.39 is 0 Å². The Morgan fingerprint density at radius 3 is 2.48 bits per heavy atom. The molecule has 27 heavy (non-hydrogen) atoms. The Hall–Kier alpha value is -3.67. The zero-order chi connectivity index (χ0) is 19.1. The van der Waals surface area contributed by atoms with Crippen LogP contribution in [-0.4, -0.2) is 30.4 Å². The van der Waals surface area contributed by atoms with Crippen LogP contribution < -0.4 is 14.8 Å². The molecule has 0 bridgehead atoms. The van der Waals surface area contributed by atoms with E-state index in [0.29, 0.717) is 28.3 Å². The summed E-state index contributed by atoms with van der Waals surface area (Å²) in [7, 11) is 1.53. The van der Waals surface area contributed by atoms with Crippen LogP contribution in [0, 0.1) is 0 Å². The first-order chi connectivity index (χ1) is 13.2.